The van der Waals surface area contributed by atoms with Crippen LogP contribution >= 0.6 is 15.9 Å². The number of hydrogen-bond donors (Lipinski definition) is 2. The summed E-state index contributed by atoms with van der Waals surface area (Å²) in [6, 6.07) is 7.62. The Morgan fingerprint density at radius 2 is 1.83 bits per heavy atom. The van der Waals surface area contributed by atoms with Gasteiger partial charge >= 0.3 is 5.97 Å². The molecule has 0 aliphatic carbocycles. The Balaban J connectivity index is 3.03. The van der Waals surface area contributed by atoms with E-state index in [1.54, 1.807) is 0 Å². The van der Waals surface area contributed by atoms with Gasteiger partial charge in [-0.1, -0.05) is 38.8 Å². The molecule has 0 amide bonds. The van der Waals surface area contributed by atoms with Crippen molar-refractivity contribution >= 4 is 27.6 Å². The van der Waals surface area contributed by atoms with Gasteiger partial charge in [-0.15, -0.1) is 0 Å². The zero-order chi connectivity index (χ0) is 13.6. The molecule has 0 aliphatic heterocycles. The number of carbonyl (C=O) groups is 1. The number of para-hydroxylation sites is 1. The van der Waals surface area contributed by atoms with Crippen LogP contribution in [0.25, 0.3) is 0 Å². The lowest BCUT2D eigenvalue weighted by atomic mass is 9.88. The zero-order valence-electron chi connectivity index (χ0n) is 10.9. The fourth-order valence-corrected chi connectivity index (χ4v) is 2.58. The molecule has 0 saturated carbocycles. The molecular weight excluding hydrogens is 294 g/mol. The summed E-state index contributed by atoms with van der Waals surface area (Å²) in [4.78, 5) is 11.6. The van der Waals surface area contributed by atoms with E-state index in [1.807, 2.05) is 38.1 Å². The van der Waals surface area contributed by atoms with Crippen LogP contribution in [0, 0.1) is 0 Å². The Morgan fingerprint density at radius 3 is 2.28 bits per heavy atom. The Morgan fingerprint density at radius 1 is 1.28 bits per heavy atom. The van der Waals surface area contributed by atoms with Crippen LogP contribution in [0.2, 0.25) is 0 Å². The summed E-state index contributed by atoms with van der Waals surface area (Å²) < 4.78 is 0.892. The van der Waals surface area contributed by atoms with E-state index >= 15 is 0 Å². The molecule has 4 heteroatoms. The predicted molar refractivity (Wildman–Crippen MR) is 77.9 cm³/mol. The topological polar surface area (TPSA) is 49.3 Å². The first-order valence-corrected chi connectivity index (χ1v) is 7.11. The molecule has 2 N–H and O–H groups in total. The Hall–Kier alpha value is -1.03. The van der Waals surface area contributed by atoms with E-state index in [0.29, 0.717) is 12.8 Å². The van der Waals surface area contributed by atoms with Crippen LogP contribution < -0.4 is 5.32 Å². The SMILES string of the molecule is CCCC(CCC)(Nc1ccccc1Br)C(=O)O. The number of hydrogen-bond acceptors (Lipinski definition) is 2. The minimum atomic E-state index is -0.868. The van der Waals surface area contributed by atoms with E-state index in [2.05, 4.69) is 21.2 Å². The summed E-state index contributed by atoms with van der Waals surface area (Å²) in [6.45, 7) is 4.02. The average molecular weight is 314 g/mol. The molecule has 0 atom stereocenters. The van der Waals surface area contributed by atoms with Crippen molar-refractivity contribution in [3.05, 3.63) is 28.7 Å². The first-order chi connectivity index (χ1) is 8.55. The quantitative estimate of drug-likeness (QED) is 0.789. The number of carboxylic acids is 1. The molecule has 1 aromatic rings. The van der Waals surface area contributed by atoms with Crippen molar-refractivity contribution in [1.29, 1.82) is 0 Å². The number of anilines is 1. The summed E-state index contributed by atoms with van der Waals surface area (Å²) in [5, 5.41) is 12.8. The minimum Gasteiger partial charge on any atom is -0.480 e. The van der Waals surface area contributed by atoms with Crippen LogP contribution in [0.5, 0.6) is 0 Å². The molecule has 0 spiro atoms. The van der Waals surface area contributed by atoms with Gasteiger partial charge in [-0.05, 0) is 40.9 Å². The fraction of sp³-hybridized carbons (Fsp3) is 0.500. The summed E-state index contributed by atoms with van der Waals surface area (Å²) in [5.41, 5.74) is -0.0327. The number of rotatable bonds is 7. The molecule has 0 fully saturated rings. The third kappa shape index (κ3) is 3.48. The smallest absolute Gasteiger partial charge is 0.329 e. The van der Waals surface area contributed by atoms with Crippen molar-refractivity contribution in [3.63, 3.8) is 0 Å². The van der Waals surface area contributed by atoms with Crippen molar-refractivity contribution in [3.8, 4) is 0 Å². The largest absolute Gasteiger partial charge is 0.480 e. The van der Waals surface area contributed by atoms with Crippen molar-refractivity contribution < 1.29 is 9.90 Å². The molecule has 1 aromatic carbocycles. The first kappa shape index (κ1) is 15.0. The van der Waals surface area contributed by atoms with Gasteiger partial charge in [0.15, 0.2) is 0 Å². The van der Waals surface area contributed by atoms with E-state index in [9.17, 15) is 9.90 Å². The Kier molecular flexibility index (Phi) is 5.66. The second-order valence-corrected chi connectivity index (χ2v) is 5.35. The molecule has 18 heavy (non-hydrogen) atoms. The van der Waals surface area contributed by atoms with E-state index in [4.69, 9.17) is 0 Å². The lowest BCUT2D eigenvalue weighted by molar-refractivity contribution is -0.142. The van der Waals surface area contributed by atoms with Crippen LogP contribution in [0.4, 0.5) is 5.69 Å². The highest BCUT2D eigenvalue weighted by Crippen LogP contribution is 2.30. The van der Waals surface area contributed by atoms with Gasteiger partial charge in [0.1, 0.15) is 5.54 Å². The number of benzene rings is 1. The fourth-order valence-electron chi connectivity index (χ4n) is 2.19. The molecule has 0 heterocycles. The normalized spacial score (nSPS) is 11.3. The zero-order valence-corrected chi connectivity index (χ0v) is 12.5. The molecular formula is C14H20BrNO2. The molecule has 0 unspecified atom stereocenters. The predicted octanol–water partition coefficient (Wildman–Crippen LogP) is 4.28. The second-order valence-electron chi connectivity index (χ2n) is 4.49. The van der Waals surface area contributed by atoms with E-state index in [0.717, 1.165) is 23.0 Å². The highest BCUT2D eigenvalue weighted by atomic mass is 79.9. The van der Waals surface area contributed by atoms with E-state index in [1.165, 1.54) is 0 Å². The average Bonchev–Trinajstić information content (AvgIpc) is 2.32. The van der Waals surface area contributed by atoms with Crippen molar-refractivity contribution in [2.45, 2.75) is 45.1 Å². The van der Waals surface area contributed by atoms with Gasteiger partial charge in [0.2, 0.25) is 0 Å². The van der Waals surface area contributed by atoms with Crippen molar-refractivity contribution in [2.75, 3.05) is 5.32 Å². The molecule has 0 saturated heterocycles. The van der Waals surface area contributed by atoms with Gasteiger partial charge in [-0.2, -0.15) is 0 Å². The van der Waals surface area contributed by atoms with Gasteiger partial charge in [0.05, 0.1) is 0 Å². The Labute approximate surface area is 117 Å². The lowest BCUT2D eigenvalue weighted by Crippen LogP contribution is -2.46. The van der Waals surface area contributed by atoms with Crippen LogP contribution in [-0.4, -0.2) is 16.6 Å². The second kappa shape index (κ2) is 6.78. The minimum absolute atomic E-state index is 0.623. The number of halogens is 1. The summed E-state index contributed by atoms with van der Waals surface area (Å²) in [5.74, 6) is -0.776. The third-order valence-corrected chi connectivity index (χ3v) is 3.70. The lowest BCUT2D eigenvalue weighted by Gasteiger charge is -2.31. The van der Waals surface area contributed by atoms with Gasteiger partial charge in [-0.3, -0.25) is 0 Å². The number of aliphatic carboxylic acids is 1. The highest BCUT2D eigenvalue weighted by molar-refractivity contribution is 9.10. The summed E-state index contributed by atoms with van der Waals surface area (Å²) in [7, 11) is 0. The highest BCUT2D eigenvalue weighted by Gasteiger charge is 2.36. The molecule has 100 valence electrons. The number of carboxylic acid groups (broad SMARTS) is 1. The molecule has 1 rings (SSSR count). The van der Waals surface area contributed by atoms with E-state index in [-0.39, 0.29) is 0 Å². The van der Waals surface area contributed by atoms with Crippen LogP contribution in [0.3, 0.4) is 0 Å². The molecule has 0 bridgehead atoms. The van der Waals surface area contributed by atoms with Gasteiger partial charge < -0.3 is 10.4 Å². The standard InChI is InChI=1S/C14H20BrNO2/c1-3-9-14(10-4-2,13(17)18)16-12-8-6-5-7-11(12)15/h5-8,16H,3-4,9-10H2,1-2H3,(H,17,18). The maximum atomic E-state index is 11.6. The first-order valence-electron chi connectivity index (χ1n) is 6.32. The van der Waals surface area contributed by atoms with Crippen LogP contribution in [0.15, 0.2) is 28.7 Å². The van der Waals surface area contributed by atoms with Crippen LogP contribution in [-0.2, 0) is 4.79 Å². The molecule has 3 nitrogen and oxygen atoms in total. The molecule has 0 radical (unpaired) electrons. The molecule has 0 aliphatic rings. The van der Waals surface area contributed by atoms with Gasteiger partial charge in [0, 0.05) is 10.2 Å². The van der Waals surface area contributed by atoms with Gasteiger partial charge in [0.25, 0.3) is 0 Å². The van der Waals surface area contributed by atoms with Gasteiger partial charge in [-0.25, -0.2) is 4.79 Å². The van der Waals surface area contributed by atoms with Crippen molar-refractivity contribution in [1.82, 2.24) is 0 Å². The number of nitrogens with one attached hydrogen (secondary N) is 1. The maximum absolute atomic E-state index is 11.6. The monoisotopic (exact) mass is 313 g/mol. The Bertz CT molecular complexity index is 401. The summed E-state index contributed by atoms with van der Waals surface area (Å²) >= 11 is 3.44. The third-order valence-electron chi connectivity index (χ3n) is 3.01. The summed E-state index contributed by atoms with van der Waals surface area (Å²) in [6.07, 6.45) is 2.92. The maximum Gasteiger partial charge on any atom is 0.329 e. The molecule has 0 aromatic heterocycles. The van der Waals surface area contributed by atoms with Crippen molar-refractivity contribution in [2.24, 2.45) is 0 Å². The van der Waals surface area contributed by atoms with Crippen LogP contribution in [0.1, 0.15) is 39.5 Å². The van der Waals surface area contributed by atoms with E-state index < -0.39 is 11.5 Å².